The zero-order valence-electron chi connectivity index (χ0n) is 12.0. The second-order valence-corrected chi connectivity index (χ2v) is 5.02. The Morgan fingerprint density at radius 3 is 2.90 bits per heavy atom. The maximum atomic E-state index is 12.5. The van der Waals surface area contributed by atoms with Crippen LogP contribution in [0.15, 0.2) is 15.8 Å². The molecule has 0 bridgehead atoms. The van der Waals surface area contributed by atoms with Gasteiger partial charge in [-0.3, -0.25) is 14.6 Å². The number of aromatic nitrogens is 2. The molecule has 2 rings (SSSR count). The minimum atomic E-state index is -0.675. The van der Waals surface area contributed by atoms with Gasteiger partial charge in [0.2, 0.25) is 0 Å². The summed E-state index contributed by atoms with van der Waals surface area (Å²) in [4.78, 5) is 41.2. The summed E-state index contributed by atoms with van der Waals surface area (Å²) in [6, 6.07) is 0.229. The van der Waals surface area contributed by atoms with Gasteiger partial charge in [-0.25, -0.2) is 4.79 Å². The number of methoxy groups -OCH3 is 1. The van der Waals surface area contributed by atoms with E-state index in [0.717, 1.165) is 25.6 Å². The van der Waals surface area contributed by atoms with Crippen LogP contribution in [0.2, 0.25) is 0 Å². The molecule has 1 fully saturated rings. The van der Waals surface area contributed by atoms with Crippen LogP contribution in [0.5, 0.6) is 0 Å². The number of hydrogen-bond donors (Lipinski definition) is 3. The number of ether oxygens (including phenoxy) is 1. The molecule has 0 spiro atoms. The third-order valence-electron chi connectivity index (χ3n) is 3.51. The fraction of sp³-hybridized carbons (Fsp3) is 0.615. The van der Waals surface area contributed by atoms with Crippen molar-refractivity contribution in [2.24, 2.45) is 0 Å². The van der Waals surface area contributed by atoms with Crippen LogP contribution < -0.4 is 16.6 Å². The monoisotopic (exact) mass is 296 g/mol. The molecule has 0 saturated carbocycles. The lowest BCUT2D eigenvalue weighted by Gasteiger charge is -2.25. The molecule has 0 radical (unpaired) electrons. The molecule has 1 aromatic heterocycles. The van der Waals surface area contributed by atoms with Gasteiger partial charge < -0.3 is 19.9 Å². The fourth-order valence-electron chi connectivity index (χ4n) is 2.39. The van der Waals surface area contributed by atoms with Crippen molar-refractivity contribution in [3.63, 3.8) is 0 Å². The number of carbonyl (C=O) groups excluding carboxylic acids is 1. The Kier molecular flexibility index (Phi) is 5.29. The number of nitrogens with one attached hydrogen (secondary N) is 3. The number of nitrogens with zero attached hydrogens (tertiary/aromatic N) is 1. The Balaban J connectivity index is 2.15. The molecule has 1 aromatic rings. The van der Waals surface area contributed by atoms with Crippen molar-refractivity contribution >= 4 is 5.91 Å². The lowest BCUT2D eigenvalue weighted by molar-refractivity contribution is 0.0677. The van der Waals surface area contributed by atoms with Crippen LogP contribution in [-0.2, 0) is 4.74 Å². The Morgan fingerprint density at radius 2 is 2.29 bits per heavy atom. The molecule has 0 aliphatic carbocycles. The summed E-state index contributed by atoms with van der Waals surface area (Å²) in [5.74, 6) is -0.404. The number of H-pyrrole nitrogens is 2. The van der Waals surface area contributed by atoms with Crippen LogP contribution >= 0.6 is 0 Å². The van der Waals surface area contributed by atoms with Crippen molar-refractivity contribution in [1.29, 1.82) is 0 Å². The summed E-state index contributed by atoms with van der Waals surface area (Å²) in [6.45, 7) is 2.24. The van der Waals surface area contributed by atoms with Crippen molar-refractivity contribution in [2.45, 2.75) is 18.9 Å². The van der Waals surface area contributed by atoms with Gasteiger partial charge in [0.1, 0.15) is 5.56 Å². The fourth-order valence-corrected chi connectivity index (χ4v) is 2.39. The van der Waals surface area contributed by atoms with Crippen LogP contribution in [0.4, 0.5) is 0 Å². The van der Waals surface area contributed by atoms with E-state index in [2.05, 4.69) is 15.3 Å². The Morgan fingerprint density at radius 1 is 1.48 bits per heavy atom. The molecule has 0 aromatic carbocycles. The van der Waals surface area contributed by atoms with Crippen molar-refractivity contribution < 1.29 is 9.53 Å². The molecular formula is C13H20N4O4. The van der Waals surface area contributed by atoms with Crippen molar-refractivity contribution in [3.05, 3.63) is 32.6 Å². The molecule has 1 amide bonds. The predicted molar refractivity (Wildman–Crippen MR) is 76.5 cm³/mol. The molecule has 1 aliphatic rings. The zero-order valence-corrected chi connectivity index (χ0v) is 12.0. The Hall–Kier alpha value is -1.93. The maximum absolute atomic E-state index is 12.5. The van der Waals surface area contributed by atoms with E-state index in [1.807, 2.05) is 0 Å². The van der Waals surface area contributed by atoms with Crippen LogP contribution in [0.25, 0.3) is 0 Å². The lowest BCUT2D eigenvalue weighted by Crippen LogP contribution is -2.44. The van der Waals surface area contributed by atoms with Gasteiger partial charge in [-0.1, -0.05) is 0 Å². The topological polar surface area (TPSA) is 107 Å². The van der Waals surface area contributed by atoms with Crippen LogP contribution in [0, 0.1) is 0 Å². The minimum Gasteiger partial charge on any atom is -0.383 e. The maximum Gasteiger partial charge on any atom is 0.325 e. The normalized spacial score (nSPS) is 17.9. The highest BCUT2D eigenvalue weighted by molar-refractivity contribution is 5.93. The number of carbonyl (C=O) groups is 1. The largest absolute Gasteiger partial charge is 0.383 e. The average Bonchev–Trinajstić information content (AvgIpc) is 2.95. The van der Waals surface area contributed by atoms with Crippen molar-refractivity contribution in [3.8, 4) is 0 Å². The summed E-state index contributed by atoms with van der Waals surface area (Å²) < 4.78 is 5.01. The number of amides is 1. The molecule has 1 aliphatic heterocycles. The van der Waals surface area contributed by atoms with Gasteiger partial charge in [-0.2, -0.15) is 0 Å². The van der Waals surface area contributed by atoms with E-state index in [0.29, 0.717) is 19.7 Å². The number of hydrogen-bond acceptors (Lipinski definition) is 5. The summed E-state index contributed by atoms with van der Waals surface area (Å²) in [5, 5.41) is 3.32. The van der Waals surface area contributed by atoms with Gasteiger partial charge in [-0.05, 0) is 19.4 Å². The second kappa shape index (κ2) is 7.19. The highest BCUT2D eigenvalue weighted by atomic mass is 16.5. The van der Waals surface area contributed by atoms with E-state index in [9.17, 15) is 14.4 Å². The molecule has 116 valence electrons. The molecule has 8 heteroatoms. The first-order valence-electron chi connectivity index (χ1n) is 6.95. The van der Waals surface area contributed by atoms with Crippen LogP contribution in [0.1, 0.15) is 23.2 Å². The third-order valence-corrected chi connectivity index (χ3v) is 3.51. The number of aromatic amines is 2. The molecule has 2 heterocycles. The van der Waals surface area contributed by atoms with E-state index in [1.165, 1.54) is 0 Å². The molecular weight excluding hydrogens is 276 g/mol. The highest BCUT2D eigenvalue weighted by Gasteiger charge is 2.24. The highest BCUT2D eigenvalue weighted by Crippen LogP contribution is 2.08. The summed E-state index contributed by atoms with van der Waals surface area (Å²) >= 11 is 0. The standard InChI is InChI=1S/C13H20N4O4/c1-21-6-5-17(8-9-3-2-4-14-9)12(19)10-7-15-13(20)16-11(10)18/h7,9,14H,2-6,8H2,1H3,(H2,15,16,18,20). The van der Waals surface area contributed by atoms with Gasteiger partial charge in [0.25, 0.3) is 11.5 Å². The molecule has 1 unspecified atom stereocenters. The summed E-state index contributed by atoms with van der Waals surface area (Å²) in [6.07, 6.45) is 3.24. The van der Waals surface area contributed by atoms with E-state index in [1.54, 1.807) is 12.0 Å². The van der Waals surface area contributed by atoms with Crippen LogP contribution in [0.3, 0.4) is 0 Å². The lowest BCUT2D eigenvalue weighted by atomic mass is 10.2. The third kappa shape index (κ3) is 4.02. The molecule has 1 saturated heterocycles. The second-order valence-electron chi connectivity index (χ2n) is 5.02. The predicted octanol–water partition coefficient (Wildman–Crippen LogP) is -1.10. The first-order valence-corrected chi connectivity index (χ1v) is 6.95. The zero-order chi connectivity index (χ0) is 15.2. The number of rotatable bonds is 6. The van der Waals surface area contributed by atoms with Crippen molar-refractivity contribution in [2.75, 3.05) is 33.4 Å². The molecule has 3 N–H and O–H groups in total. The Bertz CT molecular complexity index is 588. The SMILES string of the molecule is COCCN(CC1CCCN1)C(=O)c1c[nH]c(=O)[nH]c1=O. The Labute approximate surface area is 121 Å². The smallest absolute Gasteiger partial charge is 0.325 e. The van der Waals surface area contributed by atoms with Gasteiger partial charge in [0, 0.05) is 32.4 Å². The van der Waals surface area contributed by atoms with Crippen LogP contribution in [-0.4, -0.2) is 60.2 Å². The molecule has 8 nitrogen and oxygen atoms in total. The molecule has 21 heavy (non-hydrogen) atoms. The first-order chi connectivity index (χ1) is 10.1. The summed E-state index contributed by atoms with van der Waals surface area (Å²) in [7, 11) is 1.56. The van der Waals surface area contributed by atoms with E-state index in [-0.39, 0.29) is 11.6 Å². The first kappa shape index (κ1) is 15.5. The van der Waals surface area contributed by atoms with Crippen molar-refractivity contribution in [1.82, 2.24) is 20.2 Å². The van der Waals surface area contributed by atoms with E-state index in [4.69, 9.17) is 4.74 Å². The van der Waals surface area contributed by atoms with E-state index >= 15 is 0 Å². The minimum absolute atomic E-state index is 0.0660. The average molecular weight is 296 g/mol. The van der Waals surface area contributed by atoms with E-state index < -0.39 is 17.2 Å². The summed E-state index contributed by atoms with van der Waals surface area (Å²) in [5.41, 5.74) is -1.37. The van der Waals surface area contributed by atoms with Gasteiger partial charge in [0.15, 0.2) is 0 Å². The van der Waals surface area contributed by atoms with Gasteiger partial charge in [-0.15, -0.1) is 0 Å². The molecule has 1 atom stereocenters. The van der Waals surface area contributed by atoms with Gasteiger partial charge >= 0.3 is 5.69 Å². The van der Waals surface area contributed by atoms with Gasteiger partial charge in [0.05, 0.1) is 6.61 Å². The quantitative estimate of drug-likeness (QED) is 0.618.